The quantitative estimate of drug-likeness (QED) is 0.915. The van der Waals surface area contributed by atoms with Crippen LogP contribution in [0.1, 0.15) is 17.2 Å². The van der Waals surface area contributed by atoms with Crippen LogP contribution >= 0.6 is 11.6 Å². The van der Waals surface area contributed by atoms with Crippen LogP contribution in [0.15, 0.2) is 48.5 Å². The predicted molar refractivity (Wildman–Crippen MR) is 68.6 cm³/mol. The minimum atomic E-state index is -4.73. The summed E-state index contributed by atoms with van der Waals surface area (Å²) in [6.07, 6.45) is -5.69. The van der Waals surface area contributed by atoms with Gasteiger partial charge in [0, 0.05) is 5.02 Å². The Hall–Kier alpha value is -1.72. The third-order valence-electron chi connectivity index (χ3n) is 2.59. The van der Waals surface area contributed by atoms with Gasteiger partial charge < -0.3 is 9.84 Å². The number of ether oxygens (including phenoxy) is 1. The second-order valence-electron chi connectivity index (χ2n) is 4.07. The molecule has 1 unspecified atom stereocenters. The Kier molecular flexibility index (Phi) is 4.20. The van der Waals surface area contributed by atoms with Gasteiger partial charge in [-0.05, 0) is 35.4 Å². The molecule has 0 radical (unpaired) electrons. The molecular weight excluding hydrogens is 293 g/mol. The number of aliphatic hydroxyl groups is 1. The van der Waals surface area contributed by atoms with Crippen molar-refractivity contribution in [3.8, 4) is 5.75 Å². The second-order valence-corrected chi connectivity index (χ2v) is 4.51. The number of alkyl halides is 3. The van der Waals surface area contributed by atoms with Gasteiger partial charge in [-0.1, -0.05) is 35.9 Å². The molecule has 2 nitrogen and oxygen atoms in total. The number of rotatable bonds is 3. The number of benzene rings is 2. The summed E-state index contributed by atoms with van der Waals surface area (Å²) >= 11 is 5.82. The van der Waals surface area contributed by atoms with E-state index in [2.05, 4.69) is 4.74 Å². The van der Waals surface area contributed by atoms with Crippen LogP contribution in [0, 0.1) is 0 Å². The van der Waals surface area contributed by atoms with Crippen molar-refractivity contribution in [1.82, 2.24) is 0 Å². The molecule has 106 valence electrons. The molecular formula is C14H10ClF3O2. The third-order valence-corrected chi connectivity index (χ3v) is 2.83. The lowest BCUT2D eigenvalue weighted by Crippen LogP contribution is -2.17. The van der Waals surface area contributed by atoms with Gasteiger partial charge in [0.05, 0.1) is 0 Å². The lowest BCUT2D eigenvalue weighted by molar-refractivity contribution is -0.274. The topological polar surface area (TPSA) is 29.5 Å². The average Bonchev–Trinajstić information content (AvgIpc) is 2.37. The zero-order valence-electron chi connectivity index (χ0n) is 10.1. The van der Waals surface area contributed by atoms with Gasteiger partial charge in [-0.3, -0.25) is 0 Å². The first kappa shape index (κ1) is 14.7. The van der Waals surface area contributed by atoms with Crippen molar-refractivity contribution in [1.29, 1.82) is 0 Å². The summed E-state index contributed by atoms with van der Waals surface area (Å²) in [6, 6.07) is 11.6. The molecule has 20 heavy (non-hydrogen) atoms. The zero-order valence-corrected chi connectivity index (χ0v) is 10.8. The maximum atomic E-state index is 12.0. The minimum Gasteiger partial charge on any atom is -0.406 e. The maximum absolute atomic E-state index is 12.0. The van der Waals surface area contributed by atoms with Crippen LogP contribution in [-0.4, -0.2) is 11.5 Å². The highest BCUT2D eigenvalue weighted by molar-refractivity contribution is 6.30. The first-order valence-electron chi connectivity index (χ1n) is 5.64. The number of halogens is 4. The van der Waals surface area contributed by atoms with E-state index in [1.165, 1.54) is 12.1 Å². The molecule has 0 heterocycles. The zero-order chi connectivity index (χ0) is 14.8. The van der Waals surface area contributed by atoms with E-state index >= 15 is 0 Å². The van der Waals surface area contributed by atoms with Gasteiger partial charge in [-0.15, -0.1) is 13.2 Å². The average molecular weight is 303 g/mol. The first-order valence-corrected chi connectivity index (χ1v) is 6.02. The molecule has 0 bridgehead atoms. The molecule has 0 saturated heterocycles. The molecule has 6 heteroatoms. The Morgan fingerprint density at radius 3 is 2.20 bits per heavy atom. The first-order chi connectivity index (χ1) is 9.35. The predicted octanol–water partition coefficient (Wildman–Crippen LogP) is 4.32. The highest BCUT2D eigenvalue weighted by atomic mass is 35.5. The summed E-state index contributed by atoms with van der Waals surface area (Å²) in [5.41, 5.74) is 1.00. The maximum Gasteiger partial charge on any atom is 0.573 e. The number of hydrogen-bond acceptors (Lipinski definition) is 2. The van der Waals surface area contributed by atoms with Crippen molar-refractivity contribution < 1.29 is 23.0 Å². The van der Waals surface area contributed by atoms with E-state index in [0.717, 1.165) is 12.1 Å². The number of hydrogen-bond donors (Lipinski definition) is 1. The molecule has 0 fully saturated rings. The monoisotopic (exact) mass is 302 g/mol. The molecule has 0 spiro atoms. The highest BCUT2D eigenvalue weighted by Gasteiger charge is 2.31. The van der Waals surface area contributed by atoms with E-state index < -0.39 is 12.5 Å². The Balaban J connectivity index is 2.17. The summed E-state index contributed by atoms with van der Waals surface area (Å²) < 4.78 is 39.8. The Labute approximate surface area is 118 Å². The van der Waals surface area contributed by atoms with Gasteiger partial charge >= 0.3 is 6.36 Å². The molecule has 0 aliphatic heterocycles. The van der Waals surface area contributed by atoms with Gasteiger partial charge in [0.1, 0.15) is 11.9 Å². The fourth-order valence-corrected chi connectivity index (χ4v) is 1.92. The molecule has 2 aromatic carbocycles. The Bertz CT molecular complexity index is 582. The van der Waals surface area contributed by atoms with Gasteiger partial charge in [-0.2, -0.15) is 0 Å². The van der Waals surface area contributed by atoms with E-state index in [9.17, 15) is 18.3 Å². The lowest BCUT2D eigenvalue weighted by Gasteiger charge is -2.13. The molecule has 0 amide bonds. The largest absolute Gasteiger partial charge is 0.573 e. The van der Waals surface area contributed by atoms with Crippen LogP contribution in [0.3, 0.4) is 0 Å². The lowest BCUT2D eigenvalue weighted by atomic mass is 10.0. The van der Waals surface area contributed by atoms with Crippen LogP contribution in [0.4, 0.5) is 13.2 Å². The molecule has 1 N–H and O–H groups in total. The molecule has 0 aliphatic carbocycles. The van der Waals surface area contributed by atoms with E-state index in [1.54, 1.807) is 24.3 Å². The van der Waals surface area contributed by atoms with Crippen LogP contribution in [-0.2, 0) is 0 Å². The van der Waals surface area contributed by atoms with Gasteiger partial charge in [0.25, 0.3) is 0 Å². The molecule has 1 atom stereocenters. The summed E-state index contributed by atoms with van der Waals surface area (Å²) in [5.74, 6) is -0.334. The molecule has 2 aromatic rings. The van der Waals surface area contributed by atoms with Crippen LogP contribution in [0.5, 0.6) is 5.75 Å². The van der Waals surface area contributed by atoms with Crippen molar-refractivity contribution >= 4 is 11.6 Å². The number of aliphatic hydroxyl groups excluding tert-OH is 1. The summed E-state index contributed by atoms with van der Waals surface area (Å²) in [5, 5.41) is 10.6. The smallest absolute Gasteiger partial charge is 0.406 e. The van der Waals surface area contributed by atoms with Crippen molar-refractivity contribution in [3.05, 3.63) is 64.7 Å². The summed E-state index contributed by atoms with van der Waals surface area (Å²) in [4.78, 5) is 0. The SMILES string of the molecule is OC(c1ccc(OC(F)(F)F)cc1)c1cccc(Cl)c1. The molecule has 0 saturated carbocycles. The van der Waals surface area contributed by atoms with Gasteiger partial charge in [-0.25, -0.2) is 0 Å². The van der Waals surface area contributed by atoms with Crippen molar-refractivity contribution in [3.63, 3.8) is 0 Å². The fraction of sp³-hybridized carbons (Fsp3) is 0.143. The standard InChI is InChI=1S/C14H10ClF3O2/c15-11-3-1-2-10(8-11)13(19)9-4-6-12(7-5-9)20-14(16,17)18/h1-8,13,19H. The second kappa shape index (κ2) is 5.73. The van der Waals surface area contributed by atoms with Crippen LogP contribution in [0.2, 0.25) is 5.02 Å². The molecule has 2 rings (SSSR count). The molecule has 0 aliphatic rings. The minimum absolute atomic E-state index is 0.334. The summed E-state index contributed by atoms with van der Waals surface area (Å²) in [7, 11) is 0. The van der Waals surface area contributed by atoms with Gasteiger partial charge in [0.2, 0.25) is 0 Å². The van der Waals surface area contributed by atoms with E-state index in [1.807, 2.05) is 0 Å². The highest BCUT2D eigenvalue weighted by Crippen LogP contribution is 2.27. The third kappa shape index (κ3) is 3.88. The fourth-order valence-electron chi connectivity index (χ4n) is 1.72. The van der Waals surface area contributed by atoms with Crippen molar-refractivity contribution in [2.24, 2.45) is 0 Å². The Morgan fingerprint density at radius 2 is 1.65 bits per heavy atom. The molecule has 0 aromatic heterocycles. The van der Waals surface area contributed by atoms with Crippen molar-refractivity contribution in [2.45, 2.75) is 12.5 Å². The van der Waals surface area contributed by atoms with E-state index in [4.69, 9.17) is 11.6 Å². The Morgan fingerprint density at radius 1 is 1.00 bits per heavy atom. The normalized spacial score (nSPS) is 13.1. The van der Waals surface area contributed by atoms with Gasteiger partial charge in [0.15, 0.2) is 0 Å². The van der Waals surface area contributed by atoms with Crippen LogP contribution < -0.4 is 4.74 Å². The van der Waals surface area contributed by atoms with Crippen molar-refractivity contribution in [2.75, 3.05) is 0 Å². The summed E-state index contributed by atoms with van der Waals surface area (Å²) in [6.45, 7) is 0. The van der Waals surface area contributed by atoms with Crippen LogP contribution in [0.25, 0.3) is 0 Å². The van der Waals surface area contributed by atoms with E-state index in [-0.39, 0.29) is 5.75 Å². The van der Waals surface area contributed by atoms with E-state index in [0.29, 0.717) is 16.1 Å².